The van der Waals surface area contributed by atoms with Crippen LogP contribution < -0.4 is 10.1 Å². The first kappa shape index (κ1) is 15.5. The lowest BCUT2D eigenvalue weighted by Gasteiger charge is -2.22. The Morgan fingerprint density at radius 2 is 2.00 bits per heavy atom. The van der Waals surface area contributed by atoms with Crippen molar-refractivity contribution in [3.05, 3.63) is 29.3 Å². The summed E-state index contributed by atoms with van der Waals surface area (Å²) in [5, 5.41) is 2.70. The molecule has 0 aromatic heterocycles. The Labute approximate surface area is 116 Å². The summed E-state index contributed by atoms with van der Waals surface area (Å²) < 4.78 is 5.77. The maximum absolute atomic E-state index is 11.6. The lowest BCUT2D eigenvalue weighted by Crippen LogP contribution is -2.34. The lowest BCUT2D eigenvalue weighted by molar-refractivity contribution is -0.129. The highest BCUT2D eigenvalue weighted by atomic mass is 16.5. The van der Waals surface area contributed by atoms with Crippen molar-refractivity contribution >= 4 is 5.91 Å². The summed E-state index contributed by atoms with van der Waals surface area (Å²) in [5.74, 6) is 1.02. The predicted octanol–water partition coefficient (Wildman–Crippen LogP) is 3.23. The van der Waals surface area contributed by atoms with E-state index in [1.54, 1.807) is 7.05 Å². The molecule has 19 heavy (non-hydrogen) atoms. The highest BCUT2D eigenvalue weighted by Gasteiger charge is 2.25. The van der Waals surface area contributed by atoms with Crippen LogP contribution in [0.2, 0.25) is 0 Å². The SMILES string of the molecule is CNC(=O)C(C)(C)CCCOc1ccc(C)cc1C. The van der Waals surface area contributed by atoms with Gasteiger partial charge in [0.2, 0.25) is 5.91 Å². The van der Waals surface area contributed by atoms with E-state index in [0.717, 1.165) is 24.2 Å². The van der Waals surface area contributed by atoms with Crippen molar-refractivity contribution in [1.82, 2.24) is 5.32 Å². The molecule has 0 heterocycles. The highest BCUT2D eigenvalue weighted by molar-refractivity contribution is 5.81. The van der Waals surface area contributed by atoms with Gasteiger partial charge in [-0.25, -0.2) is 0 Å². The molecule has 0 saturated carbocycles. The van der Waals surface area contributed by atoms with Crippen LogP contribution in [0.25, 0.3) is 0 Å². The van der Waals surface area contributed by atoms with Gasteiger partial charge in [0.1, 0.15) is 5.75 Å². The number of hydrogen-bond acceptors (Lipinski definition) is 2. The third kappa shape index (κ3) is 4.58. The monoisotopic (exact) mass is 263 g/mol. The van der Waals surface area contributed by atoms with Crippen molar-refractivity contribution in [3.8, 4) is 5.75 Å². The van der Waals surface area contributed by atoms with E-state index >= 15 is 0 Å². The number of hydrogen-bond donors (Lipinski definition) is 1. The number of aryl methyl sites for hydroxylation is 2. The standard InChI is InChI=1S/C16H25NO2/c1-12-7-8-14(13(2)11-12)19-10-6-9-16(3,4)15(18)17-5/h7-8,11H,6,9-10H2,1-5H3,(H,17,18). The second kappa shape index (κ2) is 6.60. The van der Waals surface area contributed by atoms with Crippen LogP contribution in [-0.4, -0.2) is 19.6 Å². The molecule has 1 aromatic carbocycles. The Kier molecular flexibility index (Phi) is 5.40. The summed E-state index contributed by atoms with van der Waals surface area (Å²) in [5.41, 5.74) is 2.07. The Hall–Kier alpha value is -1.51. The summed E-state index contributed by atoms with van der Waals surface area (Å²) in [6.45, 7) is 8.69. The molecule has 0 saturated heterocycles. The van der Waals surface area contributed by atoms with E-state index < -0.39 is 0 Å². The lowest BCUT2D eigenvalue weighted by atomic mass is 9.87. The van der Waals surface area contributed by atoms with E-state index in [-0.39, 0.29) is 11.3 Å². The molecule has 0 fully saturated rings. The number of carbonyl (C=O) groups is 1. The Morgan fingerprint density at radius 1 is 1.32 bits per heavy atom. The maximum Gasteiger partial charge on any atom is 0.225 e. The number of amides is 1. The predicted molar refractivity (Wildman–Crippen MR) is 78.5 cm³/mol. The van der Waals surface area contributed by atoms with Crippen LogP contribution >= 0.6 is 0 Å². The smallest absolute Gasteiger partial charge is 0.225 e. The highest BCUT2D eigenvalue weighted by Crippen LogP contribution is 2.23. The van der Waals surface area contributed by atoms with Crippen molar-refractivity contribution in [2.24, 2.45) is 5.41 Å². The molecule has 0 spiro atoms. The van der Waals surface area contributed by atoms with Gasteiger partial charge in [0.25, 0.3) is 0 Å². The zero-order valence-electron chi connectivity index (χ0n) is 12.7. The van der Waals surface area contributed by atoms with Gasteiger partial charge in [-0.15, -0.1) is 0 Å². The summed E-state index contributed by atoms with van der Waals surface area (Å²) in [4.78, 5) is 11.6. The molecule has 106 valence electrons. The minimum absolute atomic E-state index is 0.0824. The van der Waals surface area contributed by atoms with Gasteiger partial charge in [-0.05, 0) is 38.3 Å². The molecule has 3 nitrogen and oxygen atoms in total. The largest absolute Gasteiger partial charge is 0.493 e. The van der Waals surface area contributed by atoms with E-state index in [1.807, 2.05) is 19.9 Å². The Morgan fingerprint density at radius 3 is 2.58 bits per heavy atom. The quantitative estimate of drug-likeness (QED) is 0.800. The van der Waals surface area contributed by atoms with E-state index in [1.165, 1.54) is 5.56 Å². The Balaban J connectivity index is 2.41. The molecule has 3 heteroatoms. The fourth-order valence-electron chi connectivity index (χ4n) is 2.11. The number of carbonyl (C=O) groups excluding carboxylic acids is 1. The van der Waals surface area contributed by atoms with Gasteiger partial charge >= 0.3 is 0 Å². The first-order chi connectivity index (χ1) is 8.86. The van der Waals surface area contributed by atoms with Crippen molar-refractivity contribution in [1.29, 1.82) is 0 Å². The number of nitrogens with one attached hydrogen (secondary N) is 1. The van der Waals surface area contributed by atoms with Crippen LogP contribution in [-0.2, 0) is 4.79 Å². The molecule has 0 aliphatic carbocycles. The second-order valence-electron chi connectivity index (χ2n) is 5.68. The fourth-order valence-corrected chi connectivity index (χ4v) is 2.11. The zero-order valence-corrected chi connectivity index (χ0v) is 12.7. The minimum atomic E-state index is -0.333. The van der Waals surface area contributed by atoms with E-state index in [0.29, 0.717) is 6.61 Å². The summed E-state index contributed by atoms with van der Waals surface area (Å²) in [6, 6.07) is 6.18. The summed E-state index contributed by atoms with van der Waals surface area (Å²) >= 11 is 0. The first-order valence-electron chi connectivity index (χ1n) is 6.79. The summed E-state index contributed by atoms with van der Waals surface area (Å²) in [7, 11) is 1.68. The molecule has 0 atom stereocenters. The van der Waals surface area contributed by atoms with Crippen LogP contribution in [0.3, 0.4) is 0 Å². The van der Waals surface area contributed by atoms with Crippen LogP contribution in [0.1, 0.15) is 37.8 Å². The molecule has 0 aliphatic rings. The first-order valence-corrected chi connectivity index (χ1v) is 6.79. The zero-order chi connectivity index (χ0) is 14.5. The van der Waals surface area contributed by atoms with Crippen molar-refractivity contribution in [2.75, 3.05) is 13.7 Å². The average Bonchev–Trinajstić information content (AvgIpc) is 2.35. The average molecular weight is 263 g/mol. The van der Waals surface area contributed by atoms with Crippen molar-refractivity contribution in [2.45, 2.75) is 40.5 Å². The molecule has 0 unspecified atom stereocenters. The van der Waals surface area contributed by atoms with Gasteiger partial charge in [0.05, 0.1) is 6.61 Å². The molecule has 0 radical (unpaired) electrons. The third-order valence-corrected chi connectivity index (χ3v) is 3.38. The maximum atomic E-state index is 11.6. The number of benzene rings is 1. The molecular formula is C16H25NO2. The normalized spacial score (nSPS) is 11.2. The minimum Gasteiger partial charge on any atom is -0.493 e. The van der Waals surface area contributed by atoms with Gasteiger partial charge in [0, 0.05) is 12.5 Å². The second-order valence-corrected chi connectivity index (χ2v) is 5.68. The van der Waals surface area contributed by atoms with E-state index in [9.17, 15) is 4.79 Å². The molecule has 1 aromatic rings. The Bertz CT molecular complexity index is 438. The van der Waals surface area contributed by atoms with Gasteiger partial charge in [-0.2, -0.15) is 0 Å². The molecule has 1 rings (SSSR count). The molecule has 0 aliphatic heterocycles. The van der Waals surface area contributed by atoms with Gasteiger partial charge < -0.3 is 10.1 Å². The van der Waals surface area contributed by atoms with E-state index in [4.69, 9.17) is 4.74 Å². The molecule has 1 N–H and O–H groups in total. The van der Waals surface area contributed by atoms with Gasteiger partial charge in [-0.3, -0.25) is 4.79 Å². The van der Waals surface area contributed by atoms with Crippen LogP contribution in [0.15, 0.2) is 18.2 Å². The molecular weight excluding hydrogens is 238 g/mol. The van der Waals surface area contributed by atoms with Gasteiger partial charge in [0.15, 0.2) is 0 Å². The van der Waals surface area contributed by atoms with Crippen LogP contribution in [0.5, 0.6) is 5.75 Å². The van der Waals surface area contributed by atoms with Crippen molar-refractivity contribution in [3.63, 3.8) is 0 Å². The topological polar surface area (TPSA) is 38.3 Å². The van der Waals surface area contributed by atoms with Crippen LogP contribution in [0.4, 0.5) is 0 Å². The third-order valence-electron chi connectivity index (χ3n) is 3.38. The number of ether oxygens (including phenoxy) is 1. The van der Waals surface area contributed by atoms with Crippen molar-refractivity contribution < 1.29 is 9.53 Å². The fraction of sp³-hybridized carbons (Fsp3) is 0.562. The van der Waals surface area contributed by atoms with E-state index in [2.05, 4.69) is 31.3 Å². The van der Waals surface area contributed by atoms with Gasteiger partial charge in [-0.1, -0.05) is 31.5 Å². The molecule has 1 amide bonds. The number of rotatable bonds is 6. The summed E-state index contributed by atoms with van der Waals surface area (Å²) in [6.07, 6.45) is 1.69. The molecule has 0 bridgehead atoms. The van der Waals surface area contributed by atoms with Crippen LogP contribution in [0, 0.1) is 19.3 Å².